The Labute approximate surface area is 264 Å². The van der Waals surface area contributed by atoms with E-state index in [1.165, 1.54) is 20.8 Å². The van der Waals surface area contributed by atoms with Gasteiger partial charge in [-0.2, -0.15) is 0 Å². The number of nitrogens with zero attached hydrogens (tertiary/aromatic N) is 4. The first-order valence-electron chi connectivity index (χ1n) is 14.6. The van der Waals surface area contributed by atoms with Crippen molar-refractivity contribution in [2.75, 3.05) is 4.90 Å². The van der Waals surface area contributed by atoms with E-state index in [1.807, 2.05) is 91.0 Å². The SMILES string of the molecule is CC(=O)OCc1ccc2cccc(N(c3cccc4ccc(COC(C)=O)nc34)c3cccc4ccc(COC(C)=O)nc34)c2n1. The molecule has 0 atom stereocenters. The number of esters is 3. The molecule has 46 heavy (non-hydrogen) atoms. The molecule has 0 spiro atoms. The molecule has 6 rings (SSSR count). The lowest BCUT2D eigenvalue weighted by molar-refractivity contribution is -0.143. The van der Waals surface area contributed by atoms with Crippen LogP contribution in [0.4, 0.5) is 17.1 Å². The molecule has 0 aliphatic carbocycles. The predicted molar refractivity (Wildman–Crippen MR) is 173 cm³/mol. The van der Waals surface area contributed by atoms with Gasteiger partial charge in [-0.05, 0) is 36.4 Å². The number of hydrogen-bond acceptors (Lipinski definition) is 10. The van der Waals surface area contributed by atoms with E-state index in [-0.39, 0.29) is 19.8 Å². The Balaban J connectivity index is 1.62. The monoisotopic (exact) mass is 614 g/mol. The number of carbonyl (C=O) groups excluding carboxylic acids is 3. The standard InChI is InChI=1S/C36H30N4O6/c1-22(41)44-19-28-16-13-25-7-4-10-31(34(25)37-28)40(32-11-5-8-26-14-17-29(38-35(26)32)20-45-23(2)42)33-12-6-9-27-15-18-30(39-36(27)33)21-46-24(3)43/h4-18H,19-21H2,1-3H3. The molecule has 3 aromatic carbocycles. The second-order valence-corrected chi connectivity index (χ2v) is 10.6. The average molecular weight is 615 g/mol. The number of benzene rings is 3. The highest BCUT2D eigenvalue weighted by Crippen LogP contribution is 2.43. The molecule has 0 radical (unpaired) electrons. The number of rotatable bonds is 9. The zero-order valence-corrected chi connectivity index (χ0v) is 25.5. The van der Waals surface area contributed by atoms with Crippen LogP contribution in [0.1, 0.15) is 37.9 Å². The molecule has 10 heteroatoms. The fraction of sp³-hybridized carbons (Fsp3) is 0.167. The van der Waals surface area contributed by atoms with Crippen molar-refractivity contribution in [3.8, 4) is 0 Å². The maximum atomic E-state index is 11.6. The second-order valence-electron chi connectivity index (χ2n) is 10.6. The molecule has 0 fully saturated rings. The summed E-state index contributed by atoms with van der Waals surface area (Å²) in [6.07, 6.45) is 0. The largest absolute Gasteiger partial charge is 0.459 e. The molecule has 10 nitrogen and oxygen atoms in total. The van der Waals surface area contributed by atoms with Crippen molar-refractivity contribution in [2.24, 2.45) is 0 Å². The molecular weight excluding hydrogens is 584 g/mol. The zero-order chi connectivity index (χ0) is 32.2. The summed E-state index contributed by atoms with van der Waals surface area (Å²) < 4.78 is 15.8. The maximum Gasteiger partial charge on any atom is 0.303 e. The van der Waals surface area contributed by atoms with Crippen LogP contribution in [0, 0.1) is 0 Å². The van der Waals surface area contributed by atoms with Gasteiger partial charge in [-0.25, -0.2) is 15.0 Å². The molecule has 0 saturated carbocycles. The van der Waals surface area contributed by atoms with Crippen molar-refractivity contribution in [1.29, 1.82) is 0 Å². The van der Waals surface area contributed by atoms with Gasteiger partial charge in [0.05, 0.1) is 50.7 Å². The van der Waals surface area contributed by atoms with Crippen LogP contribution in [0.5, 0.6) is 0 Å². The molecule has 0 bridgehead atoms. The summed E-state index contributed by atoms with van der Waals surface area (Å²) in [7, 11) is 0. The van der Waals surface area contributed by atoms with Gasteiger partial charge >= 0.3 is 17.9 Å². The molecule has 6 aromatic rings. The van der Waals surface area contributed by atoms with Crippen LogP contribution in [0.15, 0.2) is 91.0 Å². The zero-order valence-electron chi connectivity index (χ0n) is 25.5. The van der Waals surface area contributed by atoms with Gasteiger partial charge in [0, 0.05) is 36.9 Å². The number of aromatic nitrogens is 3. The molecular formula is C36H30N4O6. The number of pyridine rings is 3. The molecule has 0 aliphatic heterocycles. The average Bonchev–Trinajstić information content (AvgIpc) is 3.05. The lowest BCUT2D eigenvalue weighted by atomic mass is 10.1. The summed E-state index contributed by atoms with van der Waals surface area (Å²) in [4.78, 5) is 51.6. The molecule has 0 saturated heterocycles. The Hall–Kier alpha value is -5.90. The first-order valence-corrected chi connectivity index (χ1v) is 14.6. The van der Waals surface area contributed by atoms with Crippen molar-refractivity contribution < 1.29 is 28.6 Å². The van der Waals surface area contributed by atoms with Gasteiger partial charge in [-0.15, -0.1) is 0 Å². The third kappa shape index (κ3) is 6.46. The summed E-state index contributed by atoms with van der Waals surface area (Å²) in [6, 6.07) is 29.0. The van der Waals surface area contributed by atoms with Gasteiger partial charge in [-0.1, -0.05) is 54.6 Å². The van der Waals surface area contributed by atoms with Crippen LogP contribution >= 0.6 is 0 Å². The van der Waals surface area contributed by atoms with Crippen molar-refractivity contribution in [3.63, 3.8) is 0 Å². The normalized spacial score (nSPS) is 11.0. The topological polar surface area (TPSA) is 121 Å². The smallest absolute Gasteiger partial charge is 0.303 e. The van der Waals surface area contributed by atoms with E-state index in [2.05, 4.69) is 4.90 Å². The van der Waals surface area contributed by atoms with E-state index in [1.54, 1.807) is 0 Å². The highest BCUT2D eigenvalue weighted by Gasteiger charge is 2.22. The van der Waals surface area contributed by atoms with Crippen molar-refractivity contribution in [3.05, 3.63) is 108 Å². The highest BCUT2D eigenvalue weighted by atomic mass is 16.5. The number of fused-ring (bicyclic) bond motifs is 3. The van der Waals surface area contributed by atoms with Crippen LogP contribution in [0.25, 0.3) is 32.7 Å². The molecule has 3 heterocycles. The molecule has 0 unspecified atom stereocenters. The number of ether oxygens (including phenoxy) is 3. The number of hydrogen-bond donors (Lipinski definition) is 0. The first kappa shape index (κ1) is 30.1. The summed E-state index contributed by atoms with van der Waals surface area (Å²) in [5.41, 5.74) is 6.01. The molecule has 3 aromatic heterocycles. The Morgan fingerprint density at radius 3 is 1.07 bits per heavy atom. The van der Waals surface area contributed by atoms with E-state index in [0.29, 0.717) is 33.6 Å². The molecule has 0 aliphatic rings. The predicted octanol–water partition coefficient (Wildman–Crippen LogP) is 6.99. The van der Waals surface area contributed by atoms with Crippen LogP contribution < -0.4 is 4.90 Å². The maximum absolute atomic E-state index is 11.6. The second kappa shape index (κ2) is 13.0. The van der Waals surface area contributed by atoms with Crippen LogP contribution in [0.3, 0.4) is 0 Å². The summed E-state index contributed by atoms with van der Waals surface area (Å²) in [6.45, 7) is 4.18. The van der Waals surface area contributed by atoms with Crippen molar-refractivity contribution in [1.82, 2.24) is 15.0 Å². The van der Waals surface area contributed by atoms with E-state index in [0.717, 1.165) is 33.2 Å². The Morgan fingerprint density at radius 1 is 0.478 bits per heavy atom. The van der Waals surface area contributed by atoms with Gasteiger partial charge in [-0.3, -0.25) is 14.4 Å². The van der Waals surface area contributed by atoms with E-state index in [9.17, 15) is 14.4 Å². The minimum absolute atomic E-state index is 0.0320. The van der Waals surface area contributed by atoms with Crippen molar-refractivity contribution >= 4 is 67.7 Å². The number of anilines is 3. The van der Waals surface area contributed by atoms with E-state index in [4.69, 9.17) is 29.2 Å². The van der Waals surface area contributed by atoms with Crippen LogP contribution in [-0.4, -0.2) is 32.9 Å². The van der Waals surface area contributed by atoms with E-state index < -0.39 is 17.9 Å². The molecule has 0 amide bonds. The third-order valence-corrected chi connectivity index (χ3v) is 7.26. The Morgan fingerprint density at radius 2 is 0.783 bits per heavy atom. The fourth-order valence-corrected chi connectivity index (χ4v) is 5.21. The number of para-hydroxylation sites is 3. The lowest BCUT2D eigenvalue weighted by Gasteiger charge is -2.28. The van der Waals surface area contributed by atoms with Crippen LogP contribution in [-0.2, 0) is 48.4 Å². The summed E-state index contributed by atoms with van der Waals surface area (Å²) >= 11 is 0. The minimum atomic E-state index is -0.394. The Kier molecular flexibility index (Phi) is 8.51. The van der Waals surface area contributed by atoms with Gasteiger partial charge in [0.25, 0.3) is 0 Å². The lowest BCUT2D eigenvalue weighted by Crippen LogP contribution is -2.14. The van der Waals surface area contributed by atoms with Crippen molar-refractivity contribution in [2.45, 2.75) is 40.6 Å². The minimum Gasteiger partial charge on any atom is -0.459 e. The quantitative estimate of drug-likeness (QED) is 0.124. The first-order chi connectivity index (χ1) is 22.3. The van der Waals surface area contributed by atoms with Gasteiger partial charge in [0.15, 0.2) is 0 Å². The Bertz CT molecular complexity index is 1890. The van der Waals surface area contributed by atoms with Gasteiger partial charge in [0.1, 0.15) is 19.8 Å². The van der Waals surface area contributed by atoms with Gasteiger partial charge in [0.2, 0.25) is 0 Å². The van der Waals surface area contributed by atoms with Gasteiger partial charge < -0.3 is 19.1 Å². The molecule has 230 valence electrons. The summed E-state index contributed by atoms with van der Waals surface area (Å²) in [5, 5.41) is 2.63. The summed E-state index contributed by atoms with van der Waals surface area (Å²) in [5.74, 6) is -1.18. The third-order valence-electron chi connectivity index (χ3n) is 7.26. The van der Waals surface area contributed by atoms with Crippen LogP contribution in [0.2, 0.25) is 0 Å². The highest BCUT2D eigenvalue weighted by molar-refractivity contribution is 6.06. The number of carbonyl (C=O) groups is 3. The fourth-order valence-electron chi connectivity index (χ4n) is 5.21. The molecule has 0 N–H and O–H groups in total. The van der Waals surface area contributed by atoms with E-state index >= 15 is 0 Å².